The summed E-state index contributed by atoms with van der Waals surface area (Å²) in [5, 5.41) is 14.8. The molecule has 1 aromatic carbocycles. The average Bonchev–Trinajstić information content (AvgIpc) is 2.74. The van der Waals surface area contributed by atoms with E-state index in [2.05, 4.69) is 59.4 Å². The van der Waals surface area contributed by atoms with Gasteiger partial charge in [-0.25, -0.2) is 9.59 Å². The second kappa shape index (κ2) is 11.2. The fourth-order valence-electron chi connectivity index (χ4n) is 3.59. The molecule has 2 N–H and O–H groups in total. The van der Waals surface area contributed by atoms with Crippen LogP contribution >= 0.6 is 0 Å². The smallest absolute Gasteiger partial charge is 0.414 e. The summed E-state index contributed by atoms with van der Waals surface area (Å²) in [6.07, 6.45) is 8.22. The molecule has 0 radical (unpaired) electrons. The molecule has 1 aliphatic rings. The van der Waals surface area contributed by atoms with Crippen molar-refractivity contribution in [3.05, 3.63) is 66.0 Å². The van der Waals surface area contributed by atoms with Gasteiger partial charge in [0.05, 0.1) is 0 Å². The zero-order valence-electron chi connectivity index (χ0n) is 16.2. The number of carboxylic acids is 2. The first-order chi connectivity index (χ1) is 13.5. The maximum atomic E-state index is 9.10. The van der Waals surface area contributed by atoms with E-state index in [1.165, 1.54) is 36.9 Å². The lowest BCUT2D eigenvalue weighted by Gasteiger charge is -2.35. The number of rotatable bonds is 5. The van der Waals surface area contributed by atoms with Gasteiger partial charge < -0.3 is 15.1 Å². The Morgan fingerprint density at radius 3 is 2.11 bits per heavy atom. The molecule has 0 unspecified atom stereocenters. The topological polar surface area (TPSA) is 90.7 Å². The van der Waals surface area contributed by atoms with E-state index in [0.717, 1.165) is 24.9 Å². The molecular formula is C22H28N2O4. The highest BCUT2D eigenvalue weighted by Crippen LogP contribution is 2.34. The fraction of sp³-hybridized carbons (Fsp3) is 0.409. The average molecular weight is 384 g/mol. The van der Waals surface area contributed by atoms with Crippen molar-refractivity contribution in [3.8, 4) is 0 Å². The maximum Gasteiger partial charge on any atom is 0.414 e. The number of aromatic nitrogens is 1. The minimum Gasteiger partial charge on any atom is -0.473 e. The van der Waals surface area contributed by atoms with Crippen molar-refractivity contribution in [2.75, 3.05) is 13.6 Å². The first-order valence-corrected chi connectivity index (χ1v) is 9.58. The lowest BCUT2D eigenvalue weighted by Crippen LogP contribution is -2.36. The molecule has 0 amide bonds. The molecule has 6 nitrogen and oxygen atoms in total. The molecule has 1 heterocycles. The number of likely N-dealkylation sites (N-methyl/N-ethyl adjacent to an activating group) is 1. The van der Waals surface area contributed by atoms with Crippen molar-refractivity contribution in [3.63, 3.8) is 0 Å². The Labute approximate surface area is 165 Å². The molecule has 0 spiro atoms. The third-order valence-corrected chi connectivity index (χ3v) is 5.22. The quantitative estimate of drug-likeness (QED) is 0.768. The molecule has 3 rings (SSSR count). The Hall–Kier alpha value is -2.73. The monoisotopic (exact) mass is 384 g/mol. The zero-order chi connectivity index (χ0) is 20.4. The minimum atomic E-state index is -1.82. The van der Waals surface area contributed by atoms with E-state index in [0.29, 0.717) is 0 Å². The summed E-state index contributed by atoms with van der Waals surface area (Å²) in [5.74, 6) is -2.88. The van der Waals surface area contributed by atoms with Gasteiger partial charge in [0.25, 0.3) is 0 Å². The normalized spacial score (nSPS) is 18.8. The third-order valence-electron chi connectivity index (χ3n) is 5.22. The van der Waals surface area contributed by atoms with Gasteiger partial charge in [-0.05, 0) is 56.3 Å². The number of aliphatic carboxylic acids is 2. The second-order valence-corrected chi connectivity index (χ2v) is 7.08. The molecule has 0 atom stereocenters. The van der Waals surface area contributed by atoms with E-state index < -0.39 is 11.9 Å². The molecule has 1 aromatic heterocycles. The van der Waals surface area contributed by atoms with Crippen LogP contribution in [0.5, 0.6) is 0 Å². The largest absolute Gasteiger partial charge is 0.473 e. The van der Waals surface area contributed by atoms with Crippen molar-refractivity contribution in [2.45, 2.75) is 44.1 Å². The summed E-state index contributed by atoms with van der Waals surface area (Å²) in [5.41, 5.74) is 2.73. The predicted molar refractivity (Wildman–Crippen MR) is 107 cm³/mol. The number of nitrogens with zero attached hydrogens (tertiary/aromatic N) is 2. The van der Waals surface area contributed by atoms with Crippen molar-refractivity contribution < 1.29 is 19.8 Å². The molecule has 28 heavy (non-hydrogen) atoms. The van der Waals surface area contributed by atoms with Gasteiger partial charge in [-0.3, -0.25) is 4.98 Å². The zero-order valence-corrected chi connectivity index (χ0v) is 16.2. The van der Waals surface area contributed by atoms with Crippen LogP contribution in [0.1, 0.15) is 42.9 Å². The van der Waals surface area contributed by atoms with Crippen LogP contribution in [0.15, 0.2) is 54.7 Å². The summed E-state index contributed by atoms with van der Waals surface area (Å²) in [7, 11) is 2.27. The fourth-order valence-corrected chi connectivity index (χ4v) is 3.59. The highest BCUT2D eigenvalue weighted by molar-refractivity contribution is 6.27. The molecular weight excluding hydrogens is 356 g/mol. The number of carboxylic acid groups (broad SMARTS) is 2. The van der Waals surface area contributed by atoms with Gasteiger partial charge in [0.2, 0.25) is 0 Å². The van der Waals surface area contributed by atoms with Gasteiger partial charge in [-0.2, -0.15) is 0 Å². The van der Waals surface area contributed by atoms with Gasteiger partial charge in [-0.15, -0.1) is 0 Å². The number of hydrogen-bond acceptors (Lipinski definition) is 4. The number of hydrogen-bond donors (Lipinski definition) is 2. The summed E-state index contributed by atoms with van der Waals surface area (Å²) in [6.45, 7) is 1.11. The Morgan fingerprint density at radius 2 is 1.57 bits per heavy atom. The van der Waals surface area contributed by atoms with Gasteiger partial charge >= 0.3 is 11.9 Å². The molecule has 6 heteroatoms. The van der Waals surface area contributed by atoms with Crippen LogP contribution in [0, 0.1) is 0 Å². The van der Waals surface area contributed by atoms with Gasteiger partial charge in [-0.1, -0.05) is 36.4 Å². The molecule has 0 saturated heterocycles. The van der Waals surface area contributed by atoms with E-state index in [1.54, 1.807) is 0 Å². The molecule has 0 bridgehead atoms. The molecule has 150 valence electrons. The number of pyridine rings is 1. The summed E-state index contributed by atoms with van der Waals surface area (Å²) in [4.78, 5) is 25.2. The van der Waals surface area contributed by atoms with Crippen LogP contribution in [-0.4, -0.2) is 51.7 Å². The van der Waals surface area contributed by atoms with E-state index in [-0.39, 0.29) is 0 Å². The lowest BCUT2D eigenvalue weighted by atomic mass is 9.81. The summed E-state index contributed by atoms with van der Waals surface area (Å²) in [6, 6.07) is 17.9. The van der Waals surface area contributed by atoms with Crippen molar-refractivity contribution in [2.24, 2.45) is 0 Å². The van der Waals surface area contributed by atoms with Crippen molar-refractivity contribution >= 4 is 11.9 Å². The highest BCUT2D eigenvalue weighted by Gasteiger charge is 2.24. The molecule has 1 aliphatic carbocycles. The van der Waals surface area contributed by atoms with Crippen LogP contribution in [0.4, 0.5) is 0 Å². The van der Waals surface area contributed by atoms with Crippen molar-refractivity contribution in [1.29, 1.82) is 0 Å². The van der Waals surface area contributed by atoms with Crippen LogP contribution in [0.25, 0.3) is 0 Å². The van der Waals surface area contributed by atoms with E-state index >= 15 is 0 Å². The van der Waals surface area contributed by atoms with Crippen LogP contribution in [0.2, 0.25) is 0 Å². The standard InChI is InChI=1S/C20H26N2.C2H2O4/c1-22(16-14-19-9-5-6-15-21-19)20-12-10-18(11-13-20)17-7-3-2-4-8-17;3-1(4)2(5)6/h2-9,15,18,20H,10-14,16H2,1H3;(H,3,4)(H,5,6). The SMILES string of the molecule is CN(CCc1ccccn1)C1CCC(c2ccccc2)CC1.O=C(O)C(=O)O. The lowest BCUT2D eigenvalue weighted by molar-refractivity contribution is -0.159. The molecule has 1 fully saturated rings. The summed E-state index contributed by atoms with van der Waals surface area (Å²) < 4.78 is 0. The first-order valence-electron chi connectivity index (χ1n) is 9.58. The number of benzene rings is 1. The predicted octanol–water partition coefficient (Wildman–Crippen LogP) is 3.44. The van der Waals surface area contributed by atoms with Crippen molar-refractivity contribution in [1.82, 2.24) is 9.88 Å². The Morgan fingerprint density at radius 1 is 0.964 bits per heavy atom. The Kier molecular flexibility index (Phi) is 8.62. The Bertz CT molecular complexity index is 717. The van der Waals surface area contributed by atoms with Gasteiger partial charge in [0, 0.05) is 30.9 Å². The van der Waals surface area contributed by atoms with Crippen LogP contribution in [-0.2, 0) is 16.0 Å². The third kappa shape index (κ3) is 7.12. The Balaban J connectivity index is 0.000000409. The van der Waals surface area contributed by atoms with E-state index in [9.17, 15) is 0 Å². The number of carbonyl (C=O) groups is 2. The maximum absolute atomic E-state index is 9.10. The van der Waals surface area contributed by atoms with E-state index in [4.69, 9.17) is 19.8 Å². The van der Waals surface area contributed by atoms with Gasteiger partial charge in [0.15, 0.2) is 0 Å². The molecule has 0 aliphatic heterocycles. The first kappa shape index (κ1) is 21.6. The molecule has 2 aromatic rings. The van der Waals surface area contributed by atoms with Crippen LogP contribution < -0.4 is 0 Å². The van der Waals surface area contributed by atoms with Gasteiger partial charge in [0.1, 0.15) is 0 Å². The van der Waals surface area contributed by atoms with Crippen LogP contribution in [0.3, 0.4) is 0 Å². The minimum absolute atomic E-state index is 0.740. The van der Waals surface area contributed by atoms with E-state index in [1.807, 2.05) is 12.3 Å². The molecule has 1 saturated carbocycles. The summed E-state index contributed by atoms with van der Waals surface area (Å²) >= 11 is 0. The second-order valence-electron chi connectivity index (χ2n) is 7.08. The highest BCUT2D eigenvalue weighted by atomic mass is 16.4.